The van der Waals surface area contributed by atoms with Crippen LogP contribution in [0.2, 0.25) is 0 Å². The minimum absolute atomic E-state index is 0.0650. The quantitative estimate of drug-likeness (QED) is 0.285. The Bertz CT molecular complexity index is 1540. The maximum atomic E-state index is 13.1. The summed E-state index contributed by atoms with van der Waals surface area (Å²) in [4.78, 5) is 21.3. The summed E-state index contributed by atoms with van der Waals surface area (Å²) < 4.78 is 79.2. The molecule has 0 amide bonds. The number of aromatic nitrogens is 6. The van der Waals surface area contributed by atoms with E-state index in [2.05, 4.69) is 19.9 Å². The van der Waals surface area contributed by atoms with E-state index in [4.69, 9.17) is 23.3 Å². The smallest absolute Gasteiger partial charge is 0.434 e. The fraction of sp³-hybridized carbons (Fsp3) is 0.346. The van der Waals surface area contributed by atoms with Crippen molar-refractivity contribution in [3.63, 3.8) is 0 Å². The van der Waals surface area contributed by atoms with Crippen molar-refractivity contribution in [3.8, 4) is 34.4 Å². The Morgan fingerprint density at radius 3 is 2.55 bits per heavy atom. The summed E-state index contributed by atoms with van der Waals surface area (Å²) in [5.41, 5.74) is 1.68. The Hall–Kier alpha value is -4.06. The van der Waals surface area contributed by atoms with Gasteiger partial charge in [-0.2, -0.15) is 13.2 Å². The van der Waals surface area contributed by atoms with Crippen molar-refractivity contribution < 1.29 is 31.5 Å². The monoisotopic (exact) mass is 529 g/mol. The Morgan fingerprint density at radius 1 is 1.11 bits per heavy atom. The average molecular weight is 530 g/mol. The molecule has 0 radical (unpaired) electrons. The summed E-state index contributed by atoms with van der Waals surface area (Å²) in [5.74, 6) is 0.657. The van der Waals surface area contributed by atoms with E-state index in [0.29, 0.717) is 28.3 Å². The number of benzene rings is 1. The number of methoxy groups -OCH3 is 2. The zero-order valence-electron chi connectivity index (χ0n) is 23.5. The number of imidazole rings is 1. The standard InChI is InChI=1S/C26H25F3N6O3/c1-35-12-20(26(27,28)29)34-24(35)17-6-4-15(5-7-17)10-18-19(38-14-36-2)11-30-23(33-18)21-22(16-8-9-16)31-13-32-25(21)37-3/h4-7,11-13,16H,8-10,14H2,1-3H3/i3D3. The van der Waals surface area contributed by atoms with E-state index in [1.54, 1.807) is 24.3 Å². The van der Waals surface area contributed by atoms with E-state index in [9.17, 15) is 13.2 Å². The number of hydrogen-bond acceptors (Lipinski definition) is 8. The Balaban J connectivity index is 1.50. The molecule has 9 nitrogen and oxygen atoms in total. The molecule has 0 atom stereocenters. The molecule has 0 unspecified atom stereocenters. The Morgan fingerprint density at radius 2 is 1.89 bits per heavy atom. The second-order valence-corrected chi connectivity index (χ2v) is 8.80. The second kappa shape index (κ2) is 10.4. The first kappa shape index (κ1) is 22.0. The normalized spacial score (nSPS) is 15.0. The van der Waals surface area contributed by atoms with Gasteiger partial charge in [0.15, 0.2) is 24.1 Å². The summed E-state index contributed by atoms with van der Waals surface area (Å²) in [6.45, 7) is -0.0650. The minimum Gasteiger partial charge on any atom is -0.480 e. The summed E-state index contributed by atoms with van der Waals surface area (Å²) in [6, 6.07) is 6.86. The largest absolute Gasteiger partial charge is 0.480 e. The van der Waals surface area contributed by atoms with Gasteiger partial charge < -0.3 is 18.8 Å². The number of alkyl halides is 3. The van der Waals surface area contributed by atoms with Crippen LogP contribution in [0.4, 0.5) is 13.2 Å². The van der Waals surface area contributed by atoms with E-state index in [-0.39, 0.29) is 36.7 Å². The maximum absolute atomic E-state index is 13.1. The first-order valence-corrected chi connectivity index (χ1v) is 11.6. The van der Waals surface area contributed by atoms with Crippen molar-refractivity contribution in [2.45, 2.75) is 31.4 Å². The predicted molar refractivity (Wildman–Crippen MR) is 131 cm³/mol. The summed E-state index contributed by atoms with van der Waals surface area (Å²) in [5, 5.41) is 0. The lowest BCUT2D eigenvalue weighted by Crippen LogP contribution is -2.08. The van der Waals surface area contributed by atoms with Crippen molar-refractivity contribution in [1.29, 1.82) is 0 Å². The lowest BCUT2D eigenvalue weighted by atomic mass is 10.1. The third-order valence-corrected chi connectivity index (χ3v) is 6.04. The van der Waals surface area contributed by atoms with Crippen LogP contribution in [-0.2, 0) is 24.4 Å². The molecular weight excluding hydrogens is 501 g/mol. The van der Waals surface area contributed by atoms with Gasteiger partial charge in [0, 0.05) is 38.3 Å². The molecule has 1 aliphatic carbocycles. The van der Waals surface area contributed by atoms with Gasteiger partial charge in [-0.1, -0.05) is 24.3 Å². The van der Waals surface area contributed by atoms with Crippen LogP contribution in [0, 0.1) is 0 Å². The number of halogens is 3. The van der Waals surface area contributed by atoms with Gasteiger partial charge in [0.05, 0.1) is 28.7 Å². The second-order valence-electron chi connectivity index (χ2n) is 8.80. The van der Waals surface area contributed by atoms with Crippen LogP contribution in [0.1, 0.15) is 45.5 Å². The molecule has 5 rings (SSSR count). The van der Waals surface area contributed by atoms with E-state index >= 15 is 0 Å². The van der Waals surface area contributed by atoms with Crippen molar-refractivity contribution in [1.82, 2.24) is 29.5 Å². The molecule has 1 aliphatic rings. The molecule has 198 valence electrons. The van der Waals surface area contributed by atoms with Gasteiger partial charge in [-0.25, -0.2) is 24.9 Å². The molecule has 3 heterocycles. The van der Waals surface area contributed by atoms with Gasteiger partial charge in [-0.15, -0.1) is 0 Å². The molecule has 1 fully saturated rings. The lowest BCUT2D eigenvalue weighted by Gasteiger charge is -2.14. The first-order valence-electron chi connectivity index (χ1n) is 13.1. The molecule has 1 saturated carbocycles. The van der Waals surface area contributed by atoms with Crippen molar-refractivity contribution in [2.75, 3.05) is 20.9 Å². The third-order valence-electron chi connectivity index (χ3n) is 6.04. The maximum Gasteiger partial charge on any atom is 0.434 e. The predicted octanol–water partition coefficient (Wildman–Crippen LogP) is 4.81. The minimum atomic E-state index is -4.54. The van der Waals surface area contributed by atoms with E-state index in [1.807, 2.05) is 0 Å². The van der Waals surface area contributed by atoms with Crippen LogP contribution in [0.15, 0.2) is 43.0 Å². The summed E-state index contributed by atoms with van der Waals surface area (Å²) in [6.07, 6.45) is 1.13. The molecule has 0 spiro atoms. The Kier molecular flexibility index (Phi) is 5.99. The molecule has 0 aliphatic heterocycles. The van der Waals surface area contributed by atoms with Gasteiger partial charge in [0.25, 0.3) is 0 Å². The molecule has 3 aromatic heterocycles. The van der Waals surface area contributed by atoms with Crippen LogP contribution in [0.25, 0.3) is 22.8 Å². The van der Waals surface area contributed by atoms with Crippen LogP contribution in [0.5, 0.6) is 11.6 Å². The van der Waals surface area contributed by atoms with Crippen LogP contribution in [0.3, 0.4) is 0 Å². The molecule has 0 saturated heterocycles. The topological polar surface area (TPSA) is 97.1 Å². The zero-order chi connectivity index (χ0) is 29.4. The highest BCUT2D eigenvalue weighted by molar-refractivity contribution is 5.66. The number of nitrogens with zero attached hydrogens (tertiary/aromatic N) is 6. The molecule has 38 heavy (non-hydrogen) atoms. The highest BCUT2D eigenvalue weighted by atomic mass is 19.4. The van der Waals surface area contributed by atoms with Crippen LogP contribution < -0.4 is 9.47 Å². The summed E-state index contributed by atoms with van der Waals surface area (Å²) in [7, 11) is 0.224. The molecule has 4 aromatic rings. The van der Waals surface area contributed by atoms with E-state index < -0.39 is 18.9 Å². The van der Waals surface area contributed by atoms with Gasteiger partial charge in [-0.3, -0.25) is 0 Å². The van der Waals surface area contributed by atoms with E-state index in [1.165, 1.54) is 31.2 Å². The number of rotatable bonds is 9. The molecule has 1 aromatic carbocycles. The average Bonchev–Trinajstić information content (AvgIpc) is 3.67. The summed E-state index contributed by atoms with van der Waals surface area (Å²) >= 11 is 0. The van der Waals surface area contributed by atoms with Crippen molar-refractivity contribution in [2.24, 2.45) is 7.05 Å². The Labute approximate surface area is 220 Å². The van der Waals surface area contributed by atoms with Gasteiger partial charge in [0.1, 0.15) is 17.7 Å². The SMILES string of the molecule is [2H]C([2H])([2H])Oc1ncnc(C2CC2)c1-c1ncc(OCOC)c(Cc2ccc(-c3nc(C(F)(F)F)cn3C)cc2)n1. The van der Waals surface area contributed by atoms with Crippen molar-refractivity contribution >= 4 is 0 Å². The fourth-order valence-corrected chi connectivity index (χ4v) is 4.07. The number of aryl methyl sites for hydroxylation is 1. The van der Waals surface area contributed by atoms with Gasteiger partial charge in [-0.05, 0) is 18.4 Å². The molecule has 0 bridgehead atoms. The molecular formula is C26H25F3N6O3. The first-order chi connectivity index (χ1) is 19.4. The van der Waals surface area contributed by atoms with Gasteiger partial charge in [0.2, 0.25) is 5.88 Å². The van der Waals surface area contributed by atoms with Crippen LogP contribution >= 0.6 is 0 Å². The lowest BCUT2D eigenvalue weighted by molar-refractivity contribution is -0.140. The zero-order valence-corrected chi connectivity index (χ0v) is 20.5. The van der Waals surface area contributed by atoms with Crippen molar-refractivity contribution in [3.05, 3.63) is 65.6 Å². The fourth-order valence-electron chi connectivity index (χ4n) is 4.07. The van der Waals surface area contributed by atoms with Gasteiger partial charge >= 0.3 is 6.18 Å². The van der Waals surface area contributed by atoms with Crippen LogP contribution in [-0.4, -0.2) is 50.4 Å². The molecule has 12 heteroatoms. The number of ether oxygens (including phenoxy) is 3. The highest BCUT2D eigenvalue weighted by Gasteiger charge is 2.34. The third kappa shape index (κ3) is 5.30. The molecule has 0 N–H and O–H groups in total. The number of hydrogen-bond donors (Lipinski definition) is 0. The van der Waals surface area contributed by atoms with E-state index in [0.717, 1.165) is 24.6 Å². The highest BCUT2D eigenvalue weighted by Crippen LogP contribution is 2.45.